The first-order chi connectivity index (χ1) is 8.26. The van der Waals surface area contributed by atoms with E-state index >= 15 is 0 Å². The highest BCUT2D eigenvalue weighted by Gasteiger charge is 2.10. The van der Waals surface area contributed by atoms with E-state index in [1.54, 1.807) is 20.3 Å². The van der Waals surface area contributed by atoms with E-state index in [-0.39, 0.29) is 0 Å². The number of hydrogen-bond acceptors (Lipinski definition) is 3. The summed E-state index contributed by atoms with van der Waals surface area (Å²) < 4.78 is 10.6. The predicted octanol–water partition coefficient (Wildman–Crippen LogP) is 2.95. The van der Waals surface area contributed by atoms with Gasteiger partial charge in [-0.15, -0.1) is 0 Å². The molecule has 0 aromatic heterocycles. The highest BCUT2D eigenvalue weighted by Crippen LogP contribution is 2.37. The van der Waals surface area contributed by atoms with Gasteiger partial charge in [-0.2, -0.15) is 0 Å². The first kappa shape index (κ1) is 11.3. The molecular weight excluding hydrogens is 214 g/mol. The van der Waals surface area contributed by atoms with Gasteiger partial charge in [0.15, 0.2) is 0 Å². The maximum atomic E-state index is 5.85. The van der Waals surface area contributed by atoms with Crippen LogP contribution in [0.5, 0.6) is 11.5 Å². The molecule has 0 saturated heterocycles. The second kappa shape index (κ2) is 4.78. The fourth-order valence-electron chi connectivity index (χ4n) is 1.76. The number of hydrogen-bond donors (Lipinski definition) is 1. The van der Waals surface area contributed by atoms with Crippen molar-refractivity contribution < 1.29 is 9.47 Å². The lowest BCUT2D eigenvalue weighted by molar-refractivity contribution is 0.406. The van der Waals surface area contributed by atoms with Gasteiger partial charge in [0, 0.05) is 11.6 Å². The Hall–Kier alpha value is -2.16. The molecule has 0 aliphatic carbocycles. The molecule has 2 aromatic rings. The lowest BCUT2D eigenvalue weighted by Crippen LogP contribution is -1.96. The summed E-state index contributed by atoms with van der Waals surface area (Å²) in [4.78, 5) is 0. The lowest BCUT2D eigenvalue weighted by Gasteiger charge is -2.12. The van der Waals surface area contributed by atoms with Crippen molar-refractivity contribution in [2.75, 3.05) is 20.0 Å². The molecule has 0 aliphatic heterocycles. The van der Waals surface area contributed by atoms with Gasteiger partial charge in [0.1, 0.15) is 11.5 Å². The highest BCUT2D eigenvalue weighted by atomic mass is 16.5. The summed E-state index contributed by atoms with van der Waals surface area (Å²) in [5.41, 5.74) is 8.47. The molecule has 2 rings (SSSR count). The van der Waals surface area contributed by atoms with E-state index in [9.17, 15) is 0 Å². The minimum absolute atomic E-state index is 0.573. The first-order valence-corrected chi connectivity index (χ1v) is 5.33. The van der Waals surface area contributed by atoms with E-state index in [2.05, 4.69) is 0 Å². The van der Waals surface area contributed by atoms with Crippen LogP contribution >= 0.6 is 0 Å². The van der Waals surface area contributed by atoms with Gasteiger partial charge in [0.2, 0.25) is 0 Å². The quantitative estimate of drug-likeness (QED) is 0.823. The topological polar surface area (TPSA) is 44.5 Å². The van der Waals surface area contributed by atoms with Gasteiger partial charge < -0.3 is 15.2 Å². The van der Waals surface area contributed by atoms with Crippen molar-refractivity contribution in [2.24, 2.45) is 0 Å². The monoisotopic (exact) mass is 229 g/mol. The van der Waals surface area contributed by atoms with Gasteiger partial charge in [-0.05, 0) is 11.6 Å². The van der Waals surface area contributed by atoms with Crippen LogP contribution in [0.1, 0.15) is 0 Å². The molecule has 17 heavy (non-hydrogen) atoms. The number of ether oxygens (including phenoxy) is 2. The molecule has 0 saturated carbocycles. The van der Waals surface area contributed by atoms with Crippen LogP contribution < -0.4 is 15.2 Å². The average molecular weight is 229 g/mol. The number of nitrogen functional groups attached to an aromatic ring is 1. The summed E-state index contributed by atoms with van der Waals surface area (Å²) >= 11 is 0. The Bertz CT molecular complexity index is 509. The van der Waals surface area contributed by atoms with E-state index in [1.807, 2.05) is 36.4 Å². The minimum Gasteiger partial charge on any atom is -0.496 e. The number of anilines is 1. The molecule has 88 valence electrons. The van der Waals surface area contributed by atoms with E-state index < -0.39 is 0 Å². The van der Waals surface area contributed by atoms with Crippen LogP contribution in [-0.2, 0) is 0 Å². The largest absolute Gasteiger partial charge is 0.496 e. The summed E-state index contributed by atoms with van der Waals surface area (Å²) in [6.45, 7) is 0. The van der Waals surface area contributed by atoms with Crippen LogP contribution in [0.15, 0.2) is 42.5 Å². The van der Waals surface area contributed by atoms with E-state index in [4.69, 9.17) is 15.2 Å². The minimum atomic E-state index is 0.573. The number of nitrogens with two attached hydrogens (primary N) is 1. The molecule has 0 amide bonds. The SMILES string of the molecule is COc1cc(-c2ccccc2)c(OC)cc1N. The molecule has 0 radical (unpaired) electrons. The lowest BCUT2D eigenvalue weighted by atomic mass is 10.0. The molecule has 0 fully saturated rings. The molecule has 0 spiro atoms. The van der Waals surface area contributed by atoms with Crippen LogP contribution in [0, 0.1) is 0 Å². The number of rotatable bonds is 3. The molecule has 0 heterocycles. The fraction of sp³-hybridized carbons (Fsp3) is 0.143. The second-order valence-electron chi connectivity index (χ2n) is 3.66. The normalized spacial score (nSPS) is 10.0. The van der Waals surface area contributed by atoms with Gasteiger partial charge in [-0.1, -0.05) is 30.3 Å². The molecule has 3 nitrogen and oxygen atoms in total. The zero-order chi connectivity index (χ0) is 12.3. The summed E-state index contributed by atoms with van der Waals surface area (Å²) in [7, 11) is 3.24. The Labute approximate surface area is 101 Å². The molecule has 0 bridgehead atoms. The van der Waals surface area contributed by atoms with Crippen LogP contribution in [0.2, 0.25) is 0 Å². The molecule has 2 aromatic carbocycles. The maximum absolute atomic E-state index is 5.85. The summed E-state index contributed by atoms with van der Waals surface area (Å²) in [5.74, 6) is 1.40. The van der Waals surface area contributed by atoms with Gasteiger partial charge in [-0.3, -0.25) is 0 Å². The Morgan fingerprint density at radius 3 is 2.12 bits per heavy atom. The van der Waals surface area contributed by atoms with Crippen molar-refractivity contribution in [1.29, 1.82) is 0 Å². The van der Waals surface area contributed by atoms with E-state index in [1.165, 1.54) is 0 Å². The second-order valence-corrected chi connectivity index (χ2v) is 3.66. The van der Waals surface area contributed by atoms with Gasteiger partial charge in [0.05, 0.1) is 19.9 Å². The van der Waals surface area contributed by atoms with Crippen molar-refractivity contribution in [1.82, 2.24) is 0 Å². The summed E-state index contributed by atoms with van der Waals surface area (Å²) in [6.07, 6.45) is 0. The third kappa shape index (κ3) is 2.18. The van der Waals surface area contributed by atoms with Gasteiger partial charge in [-0.25, -0.2) is 0 Å². The standard InChI is InChI=1S/C14H15NO2/c1-16-13-9-12(15)14(17-2)8-11(13)10-6-4-3-5-7-10/h3-9H,15H2,1-2H3. The van der Waals surface area contributed by atoms with Crippen LogP contribution in [0.25, 0.3) is 11.1 Å². The highest BCUT2D eigenvalue weighted by molar-refractivity contribution is 5.76. The Kier molecular flexibility index (Phi) is 3.19. The third-order valence-corrected chi connectivity index (χ3v) is 2.64. The molecular formula is C14H15NO2. The van der Waals surface area contributed by atoms with Gasteiger partial charge >= 0.3 is 0 Å². The average Bonchev–Trinajstić information content (AvgIpc) is 2.39. The smallest absolute Gasteiger partial charge is 0.142 e. The number of methoxy groups -OCH3 is 2. The van der Waals surface area contributed by atoms with Crippen molar-refractivity contribution in [3.8, 4) is 22.6 Å². The fourth-order valence-corrected chi connectivity index (χ4v) is 1.76. The summed E-state index contributed by atoms with van der Waals surface area (Å²) in [5, 5.41) is 0. The number of benzene rings is 2. The predicted molar refractivity (Wildman–Crippen MR) is 69.4 cm³/mol. The van der Waals surface area contributed by atoms with E-state index in [0.29, 0.717) is 11.4 Å². The maximum Gasteiger partial charge on any atom is 0.142 e. The molecule has 0 aliphatic rings. The van der Waals surface area contributed by atoms with Crippen LogP contribution in [0.4, 0.5) is 5.69 Å². The Morgan fingerprint density at radius 1 is 0.882 bits per heavy atom. The van der Waals surface area contributed by atoms with Gasteiger partial charge in [0.25, 0.3) is 0 Å². The molecule has 2 N–H and O–H groups in total. The third-order valence-electron chi connectivity index (χ3n) is 2.64. The van der Waals surface area contributed by atoms with Crippen molar-refractivity contribution in [3.05, 3.63) is 42.5 Å². The Balaban J connectivity index is 2.59. The summed E-state index contributed by atoms with van der Waals surface area (Å²) in [6, 6.07) is 13.7. The first-order valence-electron chi connectivity index (χ1n) is 5.33. The Morgan fingerprint density at radius 2 is 1.53 bits per heavy atom. The van der Waals surface area contributed by atoms with Crippen LogP contribution in [-0.4, -0.2) is 14.2 Å². The van der Waals surface area contributed by atoms with Crippen molar-refractivity contribution in [2.45, 2.75) is 0 Å². The zero-order valence-corrected chi connectivity index (χ0v) is 9.94. The molecule has 0 atom stereocenters. The molecule has 3 heteroatoms. The van der Waals surface area contributed by atoms with Crippen molar-refractivity contribution in [3.63, 3.8) is 0 Å². The molecule has 0 unspecified atom stereocenters. The van der Waals surface area contributed by atoms with Crippen molar-refractivity contribution >= 4 is 5.69 Å². The van der Waals surface area contributed by atoms with E-state index in [0.717, 1.165) is 16.9 Å². The van der Waals surface area contributed by atoms with Crippen LogP contribution in [0.3, 0.4) is 0 Å². The zero-order valence-electron chi connectivity index (χ0n) is 9.94.